The van der Waals surface area contributed by atoms with E-state index in [2.05, 4.69) is 5.32 Å². The van der Waals surface area contributed by atoms with Crippen molar-refractivity contribution in [3.05, 3.63) is 65.2 Å². The van der Waals surface area contributed by atoms with Crippen LogP contribution in [0.3, 0.4) is 0 Å². The Balaban J connectivity index is 1.64. The van der Waals surface area contributed by atoms with Crippen molar-refractivity contribution in [2.24, 2.45) is 0 Å². The minimum absolute atomic E-state index is 0.160. The number of carbonyl (C=O) groups excluding carboxylic acids is 2. The first-order valence-corrected chi connectivity index (χ1v) is 8.50. The van der Waals surface area contributed by atoms with E-state index < -0.39 is 0 Å². The van der Waals surface area contributed by atoms with Crippen LogP contribution >= 0.6 is 0 Å². The number of rotatable bonds is 4. The molecule has 0 unspecified atom stereocenters. The second kappa shape index (κ2) is 7.34. The van der Waals surface area contributed by atoms with Crippen LogP contribution in [-0.2, 0) is 9.59 Å². The molecule has 0 bridgehead atoms. The Kier molecular flexibility index (Phi) is 4.98. The maximum Gasteiger partial charge on any atom is 0.248 e. The first-order chi connectivity index (χ1) is 12.0. The fourth-order valence-corrected chi connectivity index (χ4v) is 2.90. The van der Waals surface area contributed by atoms with Crippen molar-refractivity contribution < 1.29 is 9.59 Å². The van der Waals surface area contributed by atoms with Gasteiger partial charge >= 0.3 is 0 Å². The van der Waals surface area contributed by atoms with Crippen molar-refractivity contribution in [1.29, 1.82) is 0 Å². The van der Waals surface area contributed by atoms with Gasteiger partial charge in [0.15, 0.2) is 0 Å². The van der Waals surface area contributed by atoms with Crippen molar-refractivity contribution in [2.75, 3.05) is 16.8 Å². The fraction of sp³-hybridized carbons (Fsp3) is 0.238. The van der Waals surface area contributed by atoms with Crippen LogP contribution in [0, 0.1) is 13.8 Å². The summed E-state index contributed by atoms with van der Waals surface area (Å²) in [5, 5.41) is 2.90. The molecule has 0 radical (unpaired) electrons. The Hall–Kier alpha value is -2.88. The average molecular weight is 334 g/mol. The monoisotopic (exact) mass is 334 g/mol. The van der Waals surface area contributed by atoms with Gasteiger partial charge in [-0.2, -0.15) is 0 Å². The lowest BCUT2D eigenvalue weighted by Crippen LogP contribution is -2.23. The largest absolute Gasteiger partial charge is 0.322 e. The lowest BCUT2D eigenvalue weighted by Gasteiger charge is -2.15. The highest BCUT2D eigenvalue weighted by atomic mass is 16.2. The zero-order chi connectivity index (χ0) is 17.8. The number of hydrogen-bond acceptors (Lipinski definition) is 2. The maximum absolute atomic E-state index is 12.1. The summed E-state index contributed by atoms with van der Waals surface area (Å²) in [5.74, 6) is 0.0173. The van der Waals surface area contributed by atoms with Gasteiger partial charge in [-0.25, -0.2) is 0 Å². The van der Waals surface area contributed by atoms with Crippen LogP contribution in [0.4, 0.5) is 11.4 Å². The third kappa shape index (κ3) is 4.15. The zero-order valence-corrected chi connectivity index (χ0v) is 14.6. The topological polar surface area (TPSA) is 49.4 Å². The van der Waals surface area contributed by atoms with Gasteiger partial charge in [0.05, 0.1) is 0 Å². The molecule has 1 aliphatic heterocycles. The van der Waals surface area contributed by atoms with Crippen LogP contribution in [0.15, 0.2) is 48.5 Å². The van der Waals surface area contributed by atoms with Crippen molar-refractivity contribution >= 4 is 29.3 Å². The molecule has 0 aromatic heterocycles. The van der Waals surface area contributed by atoms with E-state index in [-0.39, 0.29) is 11.8 Å². The zero-order valence-electron chi connectivity index (χ0n) is 14.6. The number of aryl methyl sites for hydroxylation is 2. The molecule has 1 heterocycles. The van der Waals surface area contributed by atoms with E-state index in [1.165, 1.54) is 6.08 Å². The highest BCUT2D eigenvalue weighted by Gasteiger charge is 2.21. The van der Waals surface area contributed by atoms with E-state index >= 15 is 0 Å². The molecule has 1 saturated heterocycles. The van der Waals surface area contributed by atoms with Crippen LogP contribution in [0.1, 0.15) is 29.5 Å². The normalized spacial score (nSPS) is 14.3. The molecule has 4 nitrogen and oxygen atoms in total. The molecule has 2 aromatic carbocycles. The van der Waals surface area contributed by atoms with Crippen LogP contribution in [0.5, 0.6) is 0 Å². The molecule has 2 amide bonds. The van der Waals surface area contributed by atoms with E-state index in [0.29, 0.717) is 6.42 Å². The molecule has 0 spiro atoms. The van der Waals surface area contributed by atoms with Gasteiger partial charge < -0.3 is 10.2 Å². The Morgan fingerprint density at radius 3 is 2.56 bits per heavy atom. The SMILES string of the molecule is Cc1ccc(C)c(NC(=O)C=Cc2ccc(N3CCCC3=O)cc2)c1. The van der Waals surface area contributed by atoms with Gasteiger partial charge in [0, 0.05) is 30.4 Å². The van der Waals surface area contributed by atoms with E-state index in [0.717, 1.165) is 41.0 Å². The smallest absolute Gasteiger partial charge is 0.248 e. The average Bonchev–Trinajstić information content (AvgIpc) is 3.03. The molecule has 0 aliphatic carbocycles. The molecular formula is C21H22N2O2. The number of carbonyl (C=O) groups is 2. The summed E-state index contributed by atoms with van der Waals surface area (Å²) in [5.41, 5.74) is 4.81. The first-order valence-electron chi connectivity index (χ1n) is 8.50. The molecule has 1 N–H and O–H groups in total. The van der Waals surface area contributed by atoms with Gasteiger partial charge in [-0.05, 0) is 61.2 Å². The number of hydrogen-bond donors (Lipinski definition) is 1. The van der Waals surface area contributed by atoms with Gasteiger partial charge in [-0.15, -0.1) is 0 Å². The highest BCUT2D eigenvalue weighted by Crippen LogP contribution is 2.22. The summed E-state index contributed by atoms with van der Waals surface area (Å²) in [6.07, 6.45) is 4.84. The van der Waals surface area contributed by atoms with Crippen LogP contribution in [0.2, 0.25) is 0 Å². The van der Waals surface area contributed by atoms with Gasteiger partial charge in [0.1, 0.15) is 0 Å². The molecule has 25 heavy (non-hydrogen) atoms. The minimum atomic E-state index is -0.160. The summed E-state index contributed by atoms with van der Waals surface area (Å²) < 4.78 is 0. The number of amides is 2. The predicted octanol–water partition coefficient (Wildman–Crippen LogP) is 4.08. The standard InChI is InChI=1S/C21H22N2O2/c1-15-5-6-16(2)19(14-15)22-20(24)12-9-17-7-10-18(11-8-17)23-13-3-4-21(23)25/h5-12,14H,3-4,13H2,1-2H3,(H,22,24). The summed E-state index contributed by atoms with van der Waals surface area (Å²) in [7, 11) is 0. The van der Waals surface area contributed by atoms with E-state index in [4.69, 9.17) is 0 Å². The molecule has 1 fully saturated rings. The van der Waals surface area contributed by atoms with Crippen LogP contribution in [0.25, 0.3) is 6.08 Å². The number of benzene rings is 2. The number of nitrogens with zero attached hydrogens (tertiary/aromatic N) is 1. The Morgan fingerprint density at radius 2 is 1.88 bits per heavy atom. The number of nitrogens with one attached hydrogen (secondary N) is 1. The van der Waals surface area contributed by atoms with Gasteiger partial charge in [0.2, 0.25) is 11.8 Å². The van der Waals surface area contributed by atoms with Gasteiger partial charge in [0.25, 0.3) is 0 Å². The van der Waals surface area contributed by atoms with E-state index in [1.54, 1.807) is 11.0 Å². The van der Waals surface area contributed by atoms with Crippen molar-refractivity contribution in [3.63, 3.8) is 0 Å². The van der Waals surface area contributed by atoms with Gasteiger partial charge in [-0.1, -0.05) is 24.3 Å². The second-order valence-corrected chi connectivity index (χ2v) is 6.38. The Morgan fingerprint density at radius 1 is 1.12 bits per heavy atom. The maximum atomic E-state index is 12.1. The summed E-state index contributed by atoms with van der Waals surface area (Å²) in [6.45, 7) is 4.75. The lowest BCUT2D eigenvalue weighted by molar-refractivity contribution is -0.117. The first kappa shape index (κ1) is 17.0. The second-order valence-electron chi connectivity index (χ2n) is 6.38. The molecule has 2 aromatic rings. The van der Waals surface area contributed by atoms with Crippen LogP contribution < -0.4 is 10.2 Å². The Bertz CT molecular complexity index is 822. The van der Waals surface area contributed by atoms with Crippen LogP contribution in [-0.4, -0.2) is 18.4 Å². The highest BCUT2D eigenvalue weighted by molar-refractivity contribution is 6.02. The minimum Gasteiger partial charge on any atom is -0.322 e. The molecular weight excluding hydrogens is 312 g/mol. The predicted molar refractivity (Wildman–Crippen MR) is 102 cm³/mol. The van der Waals surface area contributed by atoms with Gasteiger partial charge in [-0.3, -0.25) is 9.59 Å². The van der Waals surface area contributed by atoms with E-state index in [9.17, 15) is 9.59 Å². The molecule has 128 valence electrons. The summed E-state index contributed by atoms with van der Waals surface area (Å²) in [6, 6.07) is 13.7. The fourth-order valence-electron chi connectivity index (χ4n) is 2.90. The quantitative estimate of drug-likeness (QED) is 0.857. The number of anilines is 2. The molecule has 3 rings (SSSR count). The lowest BCUT2D eigenvalue weighted by atomic mass is 10.1. The van der Waals surface area contributed by atoms with Crippen molar-refractivity contribution in [2.45, 2.75) is 26.7 Å². The molecule has 0 atom stereocenters. The van der Waals surface area contributed by atoms with Crippen molar-refractivity contribution in [3.8, 4) is 0 Å². The van der Waals surface area contributed by atoms with E-state index in [1.807, 2.05) is 56.3 Å². The third-order valence-electron chi connectivity index (χ3n) is 4.36. The molecule has 1 aliphatic rings. The summed E-state index contributed by atoms with van der Waals surface area (Å²) >= 11 is 0. The Labute approximate surface area is 148 Å². The third-order valence-corrected chi connectivity index (χ3v) is 4.36. The van der Waals surface area contributed by atoms with Crippen molar-refractivity contribution in [1.82, 2.24) is 0 Å². The summed E-state index contributed by atoms with van der Waals surface area (Å²) in [4.78, 5) is 25.7. The molecule has 4 heteroatoms. The molecule has 0 saturated carbocycles.